The van der Waals surface area contributed by atoms with Gasteiger partial charge in [0.05, 0.1) is 4.92 Å². The average molecular weight is 434 g/mol. The van der Waals surface area contributed by atoms with Gasteiger partial charge in [-0.15, -0.1) is 0 Å². The van der Waals surface area contributed by atoms with Gasteiger partial charge in [-0.25, -0.2) is 0 Å². The molecule has 0 heterocycles. The van der Waals surface area contributed by atoms with Gasteiger partial charge in [-0.05, 0) is 23.8 Å². The minimum atomic E-state index is -4.92. The molecule has 0 N–H and O–H groups in total. The Kier molecular flexibility index (Phi) is 7.14. The molecular formula is C18H15F5N2O5. The number of ether oxygens (including phenoxy) is 2. The third kappa shape index (κ3) is 6.29. The van der Waals surface area contributed by atoms with Crippen molar-refractivity contribution in [1.29, 1.82) is 0 Å². The molecule has 0 saturated carbocycles. The van der Waals surface area contributed by atoms with Crippen LogP contribution in [0.4, 0.5) is 27.6 Å². The average Bonchev–Trinajstić information content (AvgIpc) is 2.66. The molecule has 162 valence electrons. The van der Waals surface area contributed by atoms with E-state index in [2.05, 4.69) is 4.74 Å². The van der Waals surface area contributed by atoms with Crippen molar-refractivity contribution in [2.45, 2.75) is 19.3 Å². The number of amides is 1. The lowest BCUT2D eigenvalue weighted by molar-refractivity contribution is -0.385. The van der Waals surface area contributed by atoms with Crippen LogP contribution in [-0.2, 0) is 17.5 Å². The molecule has 0 aliphatic rings. The van der Waals surface area contributed by atoms with E-state index in [1.807, 2.05) is 0 Å². The number of halogens is 5. The van der Waals surface area contributed by atoms with Gasteiger partial charge in [-0.1, -0.05) is 12.1 Å². The van der Waals surface area contributed by atoms with Gasteiger partial charge in [0.15, 0.2) is 6.61 Å². The lowest BCUT2D eigenvalue weighted by Crippen LogP contribution is -2.31. The zero-order valence-corrected chi connectivity index (χ0v) is 15.4. The van der Waals surface area contributed by atoms with Crippen LogP contribution in [0.15, 0.2) is 42.5 Å². The van der Waals surface area contributed by atoms with E-state index in [-0.39, 0.29) is 12.3 Å². The van der Waals surface area contributed by atoms with Gasteiger partial charge in [0.1, 0.15) is 17.1 Å². The van der Waals surface area contributed by atoms with Crippen LogP contribution in [0.5, 0.6) is 11.5 Å². The lowest BCUT2D eigenvalue weighted by Gasteiger charge is -2.19. The molecule has 0 aliphatic heterocycles. The number of hydrogen-bond donors (Lipinski definition) is 0. The highest BCUT2D eigenvalue weighted by Gasteiger charge is 2.36. The normalized spacial score (nSPS) is 11.3. The Morgan fingerprint density at radius 1 is 1.17 bits per heavy atom. The van der Waals surface area contributed by atoms with Crippen LogP contribution < -0.4 is 9.47 Å². The summed E-state index contributed by atoms with van der Waals surface area (Å²) in [5.74, 6) is -1.46. The van der Waals surface area contributed by atoms with Crippen molar-refractivity contribution < 1.29 is 41.1 Å². The molecule has 0 radical (unpaired) electrons. The van der Waals surface area contributed by atoms with Crippen molar-refractivity contribution >= 4 is 11.6 Å². The number of carbonyl (C=O) groups excluding carboxylic acids is 1. The number of nitro groups is 1. The van der Waals surface area contributed by atoms with E-state index < -0.39 is 47.2 Å². The maximum absolute atomic E-state index is 13.1. The maximum Gasteiger partial charge on any atom is 0.420 e. The van der Waals surface area contributed by atoms with Crippen LogP contribution >= 0.6 is 0 Å². The van der Waals surface area contributed by atoms with Gasteiger partial charge in [-0.2, -0.15) is 22.0 Å². The molecule has 0 aliphatic carbocycles. The predicted octanol–water partition coefficient (Wildman–Crippen LogP) is 4.25. The monoisotopic (exact) mass is 434 g/mol. The quantitative estimate of drug-likeness (QED) is 0.353. The van der Waals surface area contributed by atoms with Gasteiger partial charge >= 0.3 is 12.8 Å². The summed E-state index contributed by atoms with van der Waals surface area (Å²) in [6.45, 7) is -3.69. The number of nitro benzene ring substituents is 1. The van der Waals surface area contributed by atoms with Gasteiger partial charge in [0, 0.05) is 25.7 Å². The van der Waals surface area contributed by atoms with Crippen LogP contribution in [-0.4, -0.2) is 36.0 Å². The summed E-state index contributed by atoms with van der Waals surface area (Å²) in [7, 11) is 1.37. The fourth-order valence-electron chi connectivity index (χ4n) is 2.37. The molecule has 2 aromatic rings. The Hall–Kier alpha value is -3.44. The van der Waals surface area contributed by atoms with Gasteiger partial charge < -0.3 is 14.4 Å². The van der Waals surface area contributed by atoms with Crippen LogP contribution in [0, 0.1) is 10.1 Å². The molecule has 0 bridgehead atoms. The molecule has 12 heteroatoms. The van der Waals surface area contributed by atoms with E-state index in [0.29, 0.717) is 11.6 Å². The van der Waals surface area contributed by atoms with Crippen molar-refractivity contribution in [1.82, 2.24) is 4.90 Å². The van der Waals surface area contributed by atoms with Crippen molar-refractivity contribution in [3.8, 4) is 11.5 Å². The first kappa shape index (κ1) is 22.8. The highest BCUT2D eigenvalue weighted by atomic mass is 19.4. The first-order valence-electron chi connectivity index (χ1n) is 8.23. The number of carbonyl (C=O) groups is 1. The Morgan fingerprint density at radius 2 is 1.80 bits per heavy atom. The highest BCUT2D eigenvalue weighted by molar-refractivity contribution is 5.77. The van der Waals surface area contributed by atoms with E-state index >= 15 is 0 Å². The maximum atomic E-state index is 13.1. The fourth-order valence-corrected chi connectivity index (χ4v) is 2.37. The predicted molar refractivity (Wildman–Crippen MR) is 93.1 cm³/mol. The van der Waals surface area contributed by atoms with Crippen molar-refractivity contribution in [3.63, 3.8) is 0 Å². The molecular weight excluding hydrogens is 419 g/mol. The SMILES string of the molecule is CN(Cc1ccc(OC(F)F)cc1)C(=O)COc1ccc([N+](=O)[O-])cc1C(F)(F)F. The lowest BCUT2D eigenvalue weighted by atomic mass is 10.1. The smallest absolute Gasteiger partial charge is 0.420 e. The van der Waals surface area contributed by atoms with Crippen molar-refractivity contribution in [3.05, 3.63) is 63.7 Å². The standard InChI is InChI=1S/C18H15F5N2O5/c1-24(9-11-2-5-13(6-3-11)30-17(19)20)16(26)10-29-15-7-4-12(25(27)28)8-14(15)18(21,22)23/h2-8,17H,9-10H2,1H3. The van der Waals surface area contributed by atoms with E-state index in [1.54, 1.807) is 0 Å². The number of non-ortho nitro benzene ring substituents is 1. The topological polar surface area (TPSA) is 81.9 Å². The molecule has 2 rings (SSSR count). The largest absolute Gasteiger partial charge is 0.483 e. The Balaban J connectivity index is 2.02. The van der Waals surface area contributed by atoms with Crippen LogP contribution in [0.25, 0.3) is 0 Å². The fraction of sp³-hybridized carbons (Fsp3) is 0.278. The summed E-state index contributed by atoms with van der Waals surface area (Å²) in [4.78, 5) is 23.0. The first-order chi connectivity index (χ1) is 14.0. The van der Waals surface area contributed by atoms with Gasteiger partial charge in [0.2, 0.25) is 0 Å². The molecule has 7 nitrogen and oxygen atoms in total. The molecule has 0 unspecified atom stereocenters. The second-order valence-corrected chi connectivity index (χ2v) is 6.00. The molecule has 0 saturated heterocycles. The minimum Gasteiger partial charge on any atom is -0.483 e. The Bertz CT molecular complexity index is 903. The summed E-state index contributed by atoms with van der Waals surface area (Å²) in [6, 6.07) is 7.39. The highest BCUT2D eigenvalue weighted by Crippen LogP contribution is 2.38. The van der Waals surface area contributed by atoms with Crippen molar-refractivity contribution in [2.24, 2.45) is 0 Å². The first-order valence-corrected chi connectivity index (χ1v) is 8.23. The summed E-state index contributed by atoms with van der Waals surface area (Å²) < 4.78 is 72.8. The summed E-state index contributed by atoms with van der Waals surface area (Å²) >= 11 is 0. The Labute approximate surface area is 166 Å². The van der Waals surface area contributed by atoms with E-state index in [9.17, 15) is 36.9 Å². The second-order valence-electron chi connectivity index (χ2n) is 6.00. The molecule has 0 spiro atoms. The zero-order chi connectivity index (χ0) is 22.5. The third-order valence-corrected chi connectivity index (χ3v) is 3.82. The molecule has 0 atom stereocenters. The van der Waals surface area contributed by atoms with Gasteiger partial charge in [-0.3, -0.25) is 14.9 Å². The third-order valence-electron chi connectivity index (χ3n) is 3.82. The van der Waals surface area contributed by atoms with Gasteiger partial charge in [0.25, 0.3) is 11.6 Å². The van der Waals surface area contributed by atoms with Crippen LogP contribution in [0.3, 0.4) is 0 Å². The second kappa shape index (κ2) is 9.37. The molecule has 2 aromatic carbocycles. The van der Waals surface area contributed by atoms with E-state index in [4.69, 9.17) is 4.74 Å². The number of rotatable bonds is 8. The summed E-state index contributed by atoms with van der Waals surface area (Å²) in [5.41, 5.74) is -1.59. The number of alkyl halides is 5. The molecule has 0 fully saturated rings. The molecule has 30 heavy (non-hydrogen) atoms. The Morgan fingerprint density at radius 3 is 2.33 bits per heavy atom. The number of likely N-dealkylation sites (N-methyl/N-ethyl adjacent to an activating group) is 1. The number of hydrogen-bond acceptors (Lipinski definition) is 5. The summed E-state index contributed by atoms with van der Waals surface area (Å²) in [6.07, 6.45) is -4.92. The van der Waals surface area contributed by atoms with E-state index in [0.717, 1.165) is 17.0 Å². The molecule has 1 amide bonds. The number of benzene rings is 2. The van der Waals surface area contributed by atoms with Crippen molar-refractivity contribution in [2.75, 3.05) is 13.7 Å². The van der Waals surface area contributed by atoms with Crippen LogP contribution in [0.2, 0.25) is 0 Å². The number of nitrogens with zero attached hydrogens (tertiary/aromatic N) is 2. The summed E-state index contributed by atoms with van der Waals surface area (Å²) in [5, 5.41) is 10.7. The van der Waals surface area contributed by atoms with E-state index in [1.165, 1.54) is 31.3 Å². The zero-order valence-electron chi connectivity index (χ0n) is 15.4. The minimum absolute atomic E-state index is 0.0313. The van der Waals surface area contributed by atoms with Crippen LogP contribution in [0.1, 0.15) is 11.1 Å². The molecule has 0 aromatic heterocycles.